The van der Waals surface area contributed by atoms with Crippen molar-refractivity contribution in [2.24, 2.45) is 0 Å². The van der Waals surface area contributed by atoms with E-state index in [2.05, 4.69) is 10.3 Å². The van der Waals surface area contributed by atoms with Gasteiger partial charge in [-0.05, 0) is 19.1 Å². The minimum absolute atomic E-state index is 0.0190. The van der Waals surface area contributed by atoms with E-state index in [0.29, 0.717) is 5.69 Å². The molecular formula is C11H10N4O4. The number of rotatable bonds is 4. The van der Waals surface area contributed by atoms with Gasteiger partial charge in [0.05, 0.1) is 23.4 Å². The number of benzene rings is 1. The second-order valence-electron chi connectivity index (χ2n) is 3.54. The van der Waals surface area contributed by atoms with Crippen molar-refractivity contribution < 1.29 is 14.5 Å². The molecule has 2 rings (SSSR count). The van der Waals surface area contributed by atoms with E-state index >= 15 is 0 Å². The third-order valence-electron chi connectivity index (χ3n) is 2.30. The second kappa shape index (κ2) is 5.25. The van der Waals surface area contributed by atoms with Gasteiger partial charge >= 0.3 is 5.97 Å². The predicted molar refractivity (Wildman–Crippen MR) is 64.0 cm³/mol. The highest BCUT2D eigenvalue weighted by Crippen LogP contribution is 2.14. The SMILES string of the molecule is CCOC(=O)c1cn(-c2ccc([N+](=O)[O-])cc2)nn1. The van der Waals surface area contributed by atoms with Gasteiger partial charge in [-0.1, -0.05) is 5.21 Å². The fraction of sp³-hybridized carbons (Fsp3) is 0.182. The third-order valence-corrected chi connectivity index (χ3v) is 2.30. The second-order valence-corrected chi connectivity index (χ2v) is 3.54. The lowest BCUT2D eigenvalue weighted by Crippen LogP contribution is -2.04. The van der Waals surface area contributed by atoms with Crippen LogP contribution in [-0.2, 0) is 4.74 Å². The van der Waals surface area contributed by atoms with Crippen molar-refractivity contribution in [3.05, 3.63) is 46.3 Å². The van der Waals surface area contributed by atoms with Crippen LogP contribution >= 0.6 is 0 Å². The van der Waals surface area contributed by atoms with Crippen molar-refractivity contribution in [2.45, 2.75) is 6.92 Å². The highest BCUT2D eigenvalue weighted by atomic mass is 16.6. The molecule has 98 valence electrons. The van der Waals surface area contributed by atoms with Gasteiger partial charge in [0, 0.05) is 12.1 Å². The summed E-state index contributed by atoms with van der Waals surface area (Å²) in [5.74, 6) is -0.560. The molecule has 8 heteroatoms. The average Bonchev–Trinajstić information content (AvgIpc) is 2.89. The number of nitro benzene ring substituents is 1. The molecule has 0 saturated heterocycles. The molecule has 0 aliphatic carbocycles. The molecule has 0 aliphatic heterocycles. The number of esters is 1. The summed E-state index contributed by atoms with van der Waals surface area (Å²) in [6.45, 7) is 1.95. The summed E-state index contributed by atoms with van der Waals surface area (Å²) in [5.41, 5.74) is 0.628. The highest BCUT2D eigenvalue weighted by molar-refractivity contribution is 5.86. The number of nitro groups is 1. The Morgan fingerprint density at radius 3 is 2.68 bits per heavy atom. The maximum Gasteiger partial charge on any atom is 0.360 e. The number of carbonyl (C=O) groups excluding carboxylic acids is 1. The molecule has 0 spiro atoms. The number of nitrogens with zero attached hydrogens (tertiary/aromatic N) is 4. The summed E-state index contributed by atoms with van der Waals surface area (Å²) in [6.07, 6.45) is 1.40. The molecule has 0 fully saturated rings. The van der Waals surface area contributed by atoms with E-state index < -0.39 is 10.9 Å². The monoisotopic (exact) mass is 262 g/mol. The number of aromatic nitrogens is 3. The van der Waals surface area contributed by atoms with Gasteiger partial charge in [-0.3, -0.25) is 10.1 Å². The minimum atomic E-state index is -0.560. The summed E-state index contributed by atoms with van der Waals surface area (Å²) in [5, 5.41) is 18.0. The Hall–Kier alpha value is -2.77. The van der Waals surface area contributed by atoms with E-state index in [9.17, 15) is 14.9 Å². The Labute approximate surface area is 107 Å². The first-order valence-electron chi connectivity index (χ1n) is 5.46. The van der Waals surface area contributed by atoms with Crippen molar-refractivity contribution in [2.75, 3.05) is 6.61 Å². The largest absolute Gasteiger partial charge is 0.461 e. The van der Waals surface area contributed by atoms with E-state index in [0.717, 1.165) is 0 Å². The predicted octanol–water partition coefficient (Wildman–Crippen LogP) is 1.35. The highest BCUT2D eigenvalue weighted by Gasteiger charge is 2.12. The van der Waals surface area contributed by atoms with E-state index in [-0.39, 0.29) is 18.0 Å². The van der Waals surface area contributed by atoms with Crippen LogP contribution < -0.4 is 0 Å². The van der Waals surface area contributed by atoms with Crippen LogP contribution in [0, 0.1) is 10.1 Å². The topological polar surface area (TPSA) is 100 Å². The normalized spacial score (nSPS) is 10.2. The van der Waals surface area contributed by atoms with Gasteiger partial charge in [0.25, 0.3) is 5.69 Å². The van der Waals surface area contributed by atoms with Crippen LogP contribution in [0.15, 0.2) is 30.5 Å². The summed E-state index contributed by atoms with van der Waals surface area (Å²) >= 11 is 0. The molecule has 0 bridgehead atoms. The summed E-state index contributed by atoms with van der Waals surface area (Å²) in [4.78, 5) is 21.4. The Kier molecular flexibility index (Phi) is 3.51. The first-order valence-corrected chi connectivity index (χ1v) is 5.46. The zero-order valence-electron chi connectivity index (χ0n) is 10.0. The van der Waals surface area contributed by atoms with Crippen LogP contribution in [0.5, 0.6) is 0 Å². The van der Waals surface area contributed by atoms with E-state index in [1.54, 1.807) is 6.92 Å². The summed E-state index contributed by atoms with van der Waals surface area (Å²) in [7, 11) is 0. The maximum absolute atomic E-state index is 11.4. The van der Waals surface area contributed by atoms with Crippen LogP contribution in [0.2, 0.25) is 0 Å². The first-order chi connectivity index (χ1) is 9.11. The Balaban J connectivity index is 2.23. The number of hydrogen-bond donors (Lipinski definition) is 0. The number of ether oxygens (including phenoxy) is 1. The van der Waals surface area contributed by atoms with Gasteiger partial charge in [0.1, 0.15) is 0 Å². The molecule has 0 radical (unpaired) electrons. The van der Waals surface area contributed by atoms with Crippen molar-refractivity contribution >= 4 is 11.7 Å². The molecule has 0 saturated carbocycles. The maximum atomic E-state index is 11.4. The molecule has 0 amide bonds. The van der Waals surface area contributed by atoms with Crippen molar-refractivity contribution in [3.63, 3.8) is 0 Å². The Morgan fingerprint density at radius 1 is 1.42 bits per heavy atom. The summed E-state index contributed by atoms with van der Waals surface area (Å²) < 4.78 is 6.13. The van der Waals surface area contributed by atoms with Crippen LogP contribution in [0.25, 0.3) is 5.69 Å². The van der Waals surface area contributed by atoms with Crippen LogP contribution in [0.1, 0.15) is 17.4 Å². The number of carbonyl (C=O) groups is 1. The van der Waals surface area contributed by atoms with E-state index in [4.69, 9.17) is 4.74 Å². The fourth-order valence-corrected chi connectivity index (χ4v) is 1.42. The summed E-state index contributed by atoms with van der Waals surface area (Å²) in [6, 6.07) is 5.73. The lowest BCUT2D eigenvalue weighted by Gasteiger charge is -1.98. The average molecular weight is 262 g/mol. The van der Waals surface area contributed by atoms with Gasteiger partial charge in [0.15, 0.2) is 5.69 Å². The van der Waals surface area contributed by atoms with Crippen LogP contribution in [-0.4, -0.2) is 32.5 Å². The molecule has 8 nitrogen and oxygen atoms in total. The standard InChI is InChI=1S/C11H10N4O4/c1-2-19-11(16)10-7-14(13-12-10)8-3-5-9(6-4-8)15(17)18/h3-7H,2H2,1H3. The van der Waals surface area contributed by atoms with Gasteiger partial charge in [-0.2, -0.15) is 0 Å². The Bertz CT molecular complexity index is 605. The molecule has 0 unspecified atom stereocenters. The van der Waals surface area contributed by atoms with Crippen molar-refractivity contribution in [3.8, 4) is 5.69 Å². The molecule has 0 N–H and O–H groups in total. The molecule has 1 aromatic carbocycles. The van der Waals surface area contributed by atoms with E-state index in [1.807, 2.05) is 0 Å². The van der Waals surface area contributed by atoms with E-state index in [1.165, 1.54) is 35.1 Å². The van der Waals surface area contributed by atoms with Gasteiger partial charge < -0.3 is 4.74 Å². The molecule has 1 heterocycles. The quantitative estimate of drug-likeness (QED) is 0.468. The van der Waals surface area contributed by atoms with Gasteiger partial charge in [0.2, 0.25) is 0 Å². The molecule has 0 aliphatic rings. The van der Waals surface area contributed by atoms with Gasteiger partial charge in [-0.25, -0.2) is 9.48 Å². The lowest BCUT2D eigenvalue weighted by atomic mass is 10.3. The molecule has 1 aromatic heterocycles. The minimum Gasteiger partial charge on any atom is -0.461 e. The Morgan fingerprint density at radius 2 is 2.11 bits per heavy atom. The zero-order valence-corrected chi connectivity index (χ0v) is 10.0. The van der Waals surface area contributed by atoms with Crippen LogP contribution in [0.4, 0.5) is 5.69 Å². The van der Waals surface area contributed by atoms with Crippen LogP contribution in [0.3, 0.4) is 0 Å². The fourth-order valence-electron chi connectivity index (χ4n) is 1.42. The smallest absolute Gasteiger partial charge is 0.360 e. The molecular weight excluding hydrogens is 252 g/mol. The van der Waals surface area contributed by atoms with Crippen molar-refractivity contribution in [1.82, 2.24) is 15.0 Å². The molecule has 19 heavy (non-hydrogen) atoms. The third kappa shape index (κ3) is 2.73. The zero-order chi connectivity index (χ0) is 13.8. The van der Waals surface area contributed by atoms with Gasteiger partial charge in [-0.15, -0.1) is 5.10 Å². The number of hydrogen-bond acceptors (Lipinski definition) is 6. The van der Waals surface area contributed by atoms with Crippen molar-refractivity contribution in [1.29, 1.82) is 0 Å². The first kappa shape index (κ1) is 12.7. The molecule has 0 atom stereocenters. The number of non-ortho nitro benzene ring substituents is 1. The lowest BCUT2D eigenvalue weighted by molar-refractivity contribution is -0.384. The molecule has 2 aromatic rings.